The van der Waals surface area contributed by atoms with E-state index in [9.17, 15) is 14.4 Å². The number of benzene rings is 1. The summed E-state index contributed by atoms with van der Waals surface area (Å²) in [6.07, 6.45) is -0.707. The SMILES string of the molecule is C[C@H](NC(=O)OC(C)(C)C)C(=O)Oc1ccc(C(N)=O)cc1. The molecule has 0 heterocycles. The average Bonchev–Trinajstić information content (AvgIpc) is 2.36. The van der Waals surface area contributed by atoms with Crippen molar-refractivity contribution >= 4 is 18.0 Å². The summed E-state index contributed by atoms with van der Waals surface area (Å²) < 4.78 is 10.1. The van der Waals surface area contributed by atoms with E-state index in [1.807, 2.05) is 0 Å². The summed E-state index contributed by atoms with van der Waals surface area (Å²) in [5.41, 5.74) is 4.76. The number of carbonyl (C=O) groups is 3. The largest absolute Gasteiger partial charge is 0.444 e. The molecule has 120 valence electrons. The minimum absolute atomic E-state index is 0.243. The predicted octanol–water partition coefficient (Wildman–Crippen LogP) is 1.60. The molecule has 0 aromatic heterocycles. The number of hydrogen-bond donors (Lipinski definition) is 2. The van der Waals surface area contributed by atoms with Gasteiger partial charge in [-0.05, 0) is 52.0 Å². The maximum absolute atomic E-state index is 11.8. The van der Waals surface area contributed by atoms with E-state index in [1.165, 1.54) is 31.2 Å². The maximum Gasteiger partial charge on any atom is 0.408 e. The topological polar surface area (TPSA) is 108 Å². The third kappa shape index (κ3) is 5.82. The van der Waals surface area contributed by atoms with Crippen LogP contribution in [0.25, 0.3) is 0 Å². The van der Waals surface area contributed by atoms with Gasteiger partial charge >= 0.3 is 12.1 Å². The van der Waals surface area contributed by atoms with E-state index >= 15 is 0 Å². The van der Waals surface area contributed by atoms with Crippen LogP contribution in [-0.4, -0.2) is 29.6 Å². The molecule has 1 aromatic carbocycles. The van der Waals surface area contributed by atoms with Crippen LogP contribution in [0, 0.1) is 0 Å². The molecule has 2 amide bonds. The second-order valence-corrected chi connectivity index (χ2v) is 5.68. The Kier molecular flexibility index (Phi) is 5.50. The van der Waals surface area contributed by atoms with Gasteiger partial charge in [-0.3, -0.25) is 4.79 Å². The Hall–Kier alpha value is -2.57. The first-order valence-electron chi connectivity index (χ1n) is 6.69. The highest BCUT2D eigenvalue weighted by molar-refractivity contribution is 5.93. The van der Waals surface area contributed by atoms with Crippen LogP contribution in [0.2, 0.25) is 0 Å². The molecule has 1 atom stereocenters. The number of alkyl carbamates (subject to hydrolysis) is 1. The molecule has 0 fully saturated rings. The summed E-state index contributed by atoms with van der Waals surface area (Å²) in [6, 6.07) is 4.88. The highest BCUT2D eigenvalue weighted by atomic mass is 16.6. The molecular weight excluding hydrogens is 288 g/mol. The van der Waals surface area contributed by atoms with Crippen molar-refractivity contribution in [3.05, 3.63) is 29.8 Å². The highest BCUT2D eigenvalue weighted by Gasteiger charge is 2.22. The van der Waals surface area contributed by atoms with Crippen LogP contribution in [0.15, 0.2) is 24.3 Å². The molecule has 1 rings (SSSR count). The predicted molar refractivity (Wildman–Crippen MR) is 79.4 cm³/mol. The van der Waals surface area contributed by atoms with E-state index in [0.717, 1.165) is 0 Å². The molecule has 0 saturated heterocycles. The number of ether oxygens (including phenoxy) is 2. The van der Waals surface area contributed by atoms with Gasteiger partial charge in [0.15, 0.2) is 0 Å². The quantitative estimate of drug-likeness (QED) is 0.649. The molecule has 0 saturated carbocycles. The monoisotopic (exact) mass is 308 g/mol. The van der Waals surface area contributed by atoms with Gasteiger partial charge in [-0.15, -0.1) is 0 Å². The molecule has 0 bridgehead atoms. The van der Waals surface area contributed by atoms with E-state index in [2.05, 4.69) is 5.32 Å². The van der Waals surface area contributed by atoms with Crippen LogP contribution in [0.5, 0.6) is 5.75 Å². The van der Waals surface area contributed by atoms with Crippen LogP contribution >= 0.6 is 0 Å². The van der Waals surface area contributed by atoms with E-state index in [-0.39, 0.29) is 5.75 Å². The zero-order valence-electron chi connectivity index (χ0n) is 13.0. The number of rotatable bonds is 4. The number of nitrogens with one attached hydrogen (secondary N) is 1. The lowest BCUT2D eigenvalue weighted by Gasteiger charge is -2.21. The maximum atomic E-state index is 11.8. The first kappa shape index (κ1) is 17.5. The molecule has 22 heavy (non-hydrogen) atoms. The van der Waals surface area contributed by atoms with E-state index in [1.54, 1.807) is 20.8 Å². The number of esters is 1. The fraction of sp³-hybridized carbons (Fsp3) is 0.400. The van der Waals surface area contributed by atoms with Crippen LogP contribution in [0.1, 0.15) is 38.1 Å². The number of hydrogen-bond acceptors (Lipinski definition) is 5. The Labute approximate surface area is 128 Å². The summed E-state index contributed by atoms with van der Waals surface area (Å²) >= 11 is 0. The van der Waals surface area contributed by atoms with E-state index in [4.69, 9.17) is 15.2 Å². The van der Waals surface area contributed by atoms with Crippen LogP contribution in [0.4, 0.5) is 4.79 Å². The Morgan fingerprint density at radius 2 is 1.68 bits per heavy atom. The standard InChI is InChI=1S/C15H20N2O5/c1-9(17-14(20)22-15(2,3)4)13(19)21-11-7-5-10(6-8-11)12(16)18/h5-9H,1-4H3,(H2,16,18)(H,17,20)/t9-/m0/s1. The first-order valence-corrected chi connectivity index (χ1v) is 6.69. The van der Waals surface area contributed by atoms with Crippen molar-refractivity contribution in [1.82, 2.24) is 5.32 Å². The third-order valence-corrected chi connectivity index (χ3v) is 2.44. The fourth-order valence-corrected chi connectivity index (χ4v) is 1.44. The molecular formula is C15H20N2O5. The summed E-state index contributed by atoms with van der Waals surface area (Å²) in [5.74, 6) is -0.983. The van der Waals surface area contributed by atoms with Gasteiger partial charge in [0.1, 0.15) is 17.4 Å². The van der Waals surface area contributed by atoms with E-state index < -0.39 is 29.6 Å². The van der Waals surface area contributed by atoms with Gasteiger partial charge in [-0.25, -0.2) is 9.59 Å². The summed E-state index contributed by atoms with van der Waals surface area (Å²) in [7, 11) is 0. The highest BCUT2D eigenvalue weighted by Crippen LogP contribution is 2.13. The Balaban J connectivity index is 2.57. The fourth-order valence-electron chi connectivity index (χ4n) is 1.44. The van der Waals surface area contributed by atoms with Gasteiger partial charge in [-0.1, -0.05) is 0 Å². The molecule has 0 spiro atoms. The molecule has 0 aliphatic heterocycles. The molecule has 7 nitrogen and oxygen atoms in total. The van der Waals surface area contributed by atoms with Crippen LogP contribution < -0.4 is 15.8 Å². The number of carbonyl (C=O) groups excluding carboxylic acids is 3. The summed E-state index contributed by atoms with van der Waals surface area (Å²) in [4.78, 5) is 34.3. The first-order chi connectivity index (χ1) is 10.1. The lowest BCUT2D eigenvalue weighted by atomic mass is 10.2. The molecule has 0 radical (unpaired) electrons. The molecule has 0 unspecified atom stereocenters. The van der Waals surface area contributed by atoms with E-state index in [0.29, 0.717) is 5.56 Å². The lowest BCUT2D eigenvalue weighted by molar-refractivity contribution is -0.136. The molecule has 3 N–H and O–H groups in total. The van der Waals surface area contributed by atoms with Crippen molar-refractivity contribution in [2.45, 2.75) is 39.3 Å². The Morgan fingerprint density at radius 1 is 1.14 bits per heavy atom. The van der Waals surface area contributed by atoms with Gasteiger partial charge in [0.25, 0.3) is 0 Å². The number of primary amides is 1. The van der Waals surface area contributed by atoms with Crippen molar-refractivity contribution in [2.75, 3.05) is 0 Å². The van der Waals surface area contributed by atoms with Crippen LogP contribution in [0.3, 0.4) is 0 Å². The van der Waals surface area contributed by atoms with Crippen molar-refractivity contribution in [3.8, 4) is 5.75 Å². The average molecular weight is 308 g/mol. The molecule has 7 heteroatoms. The lowest BCUT2D eigenvalue weighted by Crippen LogP contribution is -2.43. The van der Waals surface area contributed by atoms with Crippen molar-refractivity contribution < 1.29 is 23.9 Å². The summed E-state index contributed by atoms with van der Waals surface area (Å²) in [6.45, 7) is 6.63. The van der Waals surface area contributed by atoms with Gasteiger partial charge in [0.2, 0.25) is 5.91 Å². The summed E-state index contributed by atoms with van der Waals surface area (Å²) in [5, 5.41) is 2.38. The minimum atomic E-state index is -0.884. The smallest absolute Gasteiger partial charge is 0.408 e. The Bertz CT molecular complexity index is 560. The zero-order chi connectivity index (χ0) is 16.9. The van der Waals surface area contributed by atoms with Crippen molar-refractivity contribution in [3.63, 3.8) is 0 Å². The van der Waals surface area contributed by atoms with Gasteiger partial charge in [-0.2, -0.15) is 0 Å². The minimum Gasteiger partial charge on any atom is -0.444 e. The molecule has 0 aliphatic rings. The van der Waals surface area contributed by atoms with Crippen molar-refractivity contribution in [1.29, 1.82) is 0 Å². The Morgan fingerprint density at radius 3 is 2.14 bits per heavy atom. The second kappa shape index (κ2) is 6.93. The molecule has 0 aliphatic carbocycles. The second-order valence-electron chi connectivity index (χ2n) is 5.68. The number of amides is 2. The van der Waals surface area contributed by atoms with Gasteiger partial charge in [0.05, 0.1) is 0 Å². The van der Waals surface area contributed by atoms with Crippen LogP contribution in [-0.2, 0) is 9.53 Å². The van der Waals surface area contributed by atoms with Gasteiger partial charge in [0, 0.05) is 5.56 Å². The third-order valence-electron chi connectivity index (χ3n) is 2.44. The van der Waals surface area contributed by atoms with Gasteiger partial charge < -0.3 is 20.5 Å². The molecule has 1 aromatic rings. The zero-order valence-corrected chi connectivity index (χ0v) is 13.0. The normalized spacial score (nSPS) is 12.2. The number of nitrogens with two attached hydrogens (primary N) is 1. The van der Waals surface area contributed by atoms with Crippen molar-refractivity contribution in [2.24, 2.45) is 5.73 Å².